The van der Waals surface area contributed by atoms with E-state index in [1.54, 1.807) is 18.2 Å². The first-order valence-electron chi connectivity index (χ1n) is 3.68. The number of nitriles is 1. The van der Waals surface area contributed by atoms with Crippen molar-refractivity contribution >= 4 is 0 Å². The molecule has 0 aromatic heterocycles. The van der Waals surface area contributed by atoms with E-state index in [0.717, 1.165) is 0 Å². The van der Waals surface area contributed by atoms with Crippen molar-refractivity contribution in [2.75, 3.05) is 7.11 Å². The lowest BCUT2D eigenvalue weighted by Crippen LogP contribution is -1.89. The Morgan fingerprint density at radius 2 is 2.38 bits per heavy atom. The molecule has 0 bridgehead atoms. The van der Waals surface area contributed by atoms with Gasteiger partial charge in [0.05, 0.1) is 12.7 Å². The van der Waals surface area contributed by atoms with Crippen molar-refractivity contribution in [3.05, 3.63) is 34.2 Å². The van der Waals surface area contributed by atoms with Crippen LogP contribution in [0.5, 0.6) is 5.75 Å². The van der Waals surface area contributed by atoms with Gasteiger partial charge in [-0.05, 0) is 17.7 Å². The number of rotatable bonds is 3. The molecule has 0 atom stereocenters. The molecule has 4 nitrogen and oxygen atoms in total. The SMILES string of the molecule is COc1ccc(CN=O)cc1C#N. The third-order valence-electron chi connectivity index (χ3n) is 1.63. The molecule has 0 saturated carbocycles. The molecule has 13 heavy (non-hydrogen) atoms. The molecule has 0 spiro atoms. The molecule has 4 heteroatoms. The quantitative estimate of drug-likeness (QED) is 0.660. The molecular weight excluding hydrogens is 168 g/mol. The second-order valence-electron chi connectivity index (χ2n) is 2.43. The molecule has 0 heterocycles. The van der Waals surface area contributed by atoms with Gasteiger partial charge in [-0.2, -0.15) is 10.2 Å². The molecule has 1 aromatic rings. The van der Waals surface area contributed by atoms with Crippen LogP contribution in [0.2, 0.25) is 0 Å². The molecule has 0 radical (unpaired) electrons. The Morgan fingerprint density at radius 1 is 1.62 bits per heavy atom. The first kappa shape index (κ1) is 9.20. The van der Waals surface area contributed by atoms with Crippen LogP contribution in [0.3, 0.4) is 0 Å². The van der Waals surface area contributed by atoms with Crippen molar-refractivity contribution in [2.24, 2.45) is 5.18 Å². The second kappa shape index (κ2) is 4.21. The first-order valence-corrected chi connectivity index (χ1v) is 3.68. The summed E-state index contributed by atoms with van der Waals surface area (Å²) < 4.78 is 4.94. The van der Waals surface area contributed by atoms with E-state index >= 15 is 0 Å². The molecule has 0 unspecified atom stereocenters. The molecule has 0 N–H and O–H groups in total. The van der Waals surface area contributed by atoms with E-state index in [1.165, 1.54) is 7.11 Å². The van der Waals surface area contributed by atoms with E-state index in [-0.39, 0.29) is 6.54 Å². The van der Waals surface area contributed by atoms with Gasteiger partial charge >= 0.3 is 0 Å². The maximum absolute atomic E-state index is 9.96. The summed E-state index contributed by atoms with van der Waals surface area (Å²) in [5, 5.41) is 11.4. The minimum absolute atomic E-state index is 0.0820. The Balaban J connectivity index is 3.07. The largest absolute Gasteiger partial charge is 0.495 e. The highest BCUT2D eigenvalue weighted by Gasteiger charge is 2.02. The van der Waals surface area contributed by atoms with E-state index in [2.05, 4.69) is 5.18 Å². The van der Waals surface area contributed by atoms with Crippen LogP contribution < -0.4 is 4.74 Å². The molecule has 1 rings (SSSR count). The molecule has 0 aliphatic rings. The molecular formula is C9H8N2O2. The topological polar surface area (TPSA) is 62.4 Å². The fourth-order valence-corrected chi connectivity index (χ4v) is 1.02. The highest BCUT2D eigenvalue weighted by molar-refractivity contribution is 5.45. The van der Waals surface area contributed by atoms with Gasteiger partial charge in [-0.15, -0.1) is 0 Å². The van der Waals surface area contributed by atoms with Gasteiger partial charge in [0.25, 0.3) is 0 Å². The Hall–Kier alpha value is -1.89. The minimum atomic E-state index is 0.0820. The van der Waals surface area contributed by atoms with E-state index in [4.69, 9.17) is 10.00 Å². The predicted octanol–water partition coefficient (Wildman–Crippen LogP) is 1.83. The number of hydrogen-bond acceptors (Lipinski definition) is 4. The summed E-state index contributed by atoms with van der Waals surface area (Å²) in [6, 6.07) is 6.94. The van der Waals surface area contributed by atoms with E-state index in [0.29, 0.717) is 16.9 Å². The van der Waals surface area contributed by atoms with Crippen LogP contribution in [-0.2, 0) is 6.54 Å². The van der Waals surface area contributed by atoms with Crippen LogP contribution in [0.15, 0.2) is 23.4 Å². The van der Waals surface area contributed by atoms with E-state index in [9.17, 15) is 4.91 Å². The number of nitroso groups, excluding NO2 is 1. The van der Waals surface area contributed by atoms with Gasteiger partial charge in [-0.25, -0.2) is 0 Å². The van der Waals surface area contributed by atoms with Gasteiger partial charge in [-0.1, -0.05) is 11.2 Å². The Bertz CT molecular complexity index is 355. The van der Waals surface area contributed by atoms with Crippen LogP contribution in [-0.4, -0.2) is 7.11 Å². The summed E-state index contributed by atoms with van der Waals surface area (Å²) >= 11 is 0. The molecule has 0 fully saturated rings. The zero-order chi connectivity index (χ0) is 9.68. The third kappa shape index (κ3) is 2.03. The summed E-state index contributed by atoms with van der Waals surface area (Å²) in [6.07, 6.45) is 0. The lowest BCUT2D eigenvalue weighted by atomic mass is 10.1. The summed E-state index contributed by atoms with van der Waals surface area (Å²) in [5.74, 6) is 0.511. The molecule has 0 aliphatic heterocycles. The molecule has 0 saturated heterocycles. The van der Waals surface area contributed by atoms with Gasteiger partial charge in [0.15, 0.2) is 0 Å². The molecule has 0 amide bonds. The van der Waals surface area contributed by atoms with Crippen molar-refractivity contribution in [3.8, 4) is 11.8 Å². The van der Waals surface area contributed by atoms with Crippen LogP contribution in [0.25, 0.3) is 0 Å². The highest BCUT2D eigenvalue weighted by Crippen LogP contribution is 2.18. The second-order valence-corrected chi connectivity index (χ2v) is 2.43. The number of benzene rings is 1. The average Bonchev–Trinajstić information content (AvgIpc) is 2.18. The predicted molar refractivity (Wildman–Crippen MR) is 47.2 cm³/mol. The van der Waals surface area contributed by atoms with Crippen molar-refractivity contribution in [3.63, 3.8) is 0 Å². The van der Waals surface area contributed by atoms with Crippen LogP contribution >= 0.6 is 0 Å². The van der Waals surface area contributed by atoms with Crippen LogP contribution in [0.4, 0.5) is 0 Å². The number of ether oxygens (including phenoxy) is 1. The van der Waals surface area contributed by atoms with Crippen LogP contribution in [0.1, 0.15) is 11.1 Å². The number of methoxy groups -OCH3 is 1. The zero-order valence-electron chi connectivity index (χ0n) is 7.15. The van der Waals surface area contributed by atoms with Gasteiger partial charge in [-0.3, -0.25) is 0 Å². The monoisotopic (exact) mass is 176 g/mol. The Kier molecular flexibility index (Phi) is 2.98. The van der Waals surface area contributed by atoms with E-state index in [1.807, 2.05) is 6.07 Å². The van der Waals surface area contributed by atoms with Gasteiger partial charge < -0.3 is 4.74 Å². The standard InChI is InChI=1S/C9H8N2O2/c1-13-9-3-2-7(6-11-12)4-8(9)5-10/h2-4H,6H2,1H3. The lowest BCUT2D eigenvalue weighted by Gasteiger charge is -2.02. The van der Waals surface area contributed by atoms with Gasteiger partial charge in [0.2, 0.25) is 0 Å². The Labute approximate surface area is 75.7 Å². The Morgan fingerprint density at radius 3 is 2.92 bits per heavy atom. The summed E-state index contributed by atoms with van der Waals surface area (Å²) in [4.78, 5) is 9.96. The molecule has 1 aromatic carbocycles. The first-order chi connectivity index (χ1) is 6.31. The fourth-order valence-electron chi connectivity index (χ4n) is 1.02. The van der Waals surface area contributed by atoms with Crippen molar-refractivity contribution in [2.45, 2.75) is 6.54 Å². The minimum Gasteiger partial charge on any atom is -0.495 e. The van der Waals surface area contributed by atoms with Crippen molar-refractivity contribution in [1.82, 2.24) is 0 Å². The van der Waals surface area contributed by atoms with Crippen molar-refractivity contribution in [1.29, 1.82) is 5.26 Å². The normalized spacial score (nSPS) is 8.92. The zero-order valence-corrected chi connectivity index (χ0v) is 7.15. The maximum atomic E-state index is 9.96. The van der Waals surface area contributed by atoms with E-state index < -0.39 is 0 Å². The summed E-state index contributed by atoms with van der Waals surface area (Å²) in [7, 11) is 1.49. The lowest BCUT2D eigenvalue weighted by molar-refractivity contribution is 0.413. The van der Waals surface area contributed by atoms with Gasteiger partial charge in [0.1, 0.15) is 18.4 Å². The smallest absolute Gasteiger partial charge is 0.136 e. The van der Waals surface area contributed by atoms with Crippen molar-refractivity contribution < 1.29 is 4.74 Å². The molecule has 66 valence electrons. The highest BCUT2D eigenvalue weighted by atomic mass is 16.5. The summed E-state index contributed by atoms with van der Waals surface area (Å²) in [5.41, 5.74) is 1.14. The summed E-state index contributed by atoms with van der Waals surface area (Å²) in [6.45, 7) is 0.0820. The maximum Gasteiger partial charge on any atom is 0.136 e. The van der Waals surface area contributed by atoms with Gasteiger partial charge in [0, 0.05) is 0 Å². The van der Waals surface area contributed by atoms with Crippen LogP contribution in [0, 0.1) is 16.2 Å². The average molecular weight is 176 g/mol. The fraction of sp³-hybridized carbons (Fsp3) is 0.222. The molecule has 0 aliphatic carbocycles. The number of hydrogen-bond donors (Lipinski definition) is 0. The third-order valence-corrected chi connectivity index (χ3v) is 1.63. The number of nitrogens with zero attached hydrogens (tertiary/aromatic N) is 2.